The predicted molar refractivity (Wildman–Crippen MR) is 84.7 cm³/mol. The van der Waals surface area contributed by atoms with E-state index in [1.807, 2.05) is 36.7 Å². The third-order valence-electron chi connectivity index (χ3n) is 2.19. The zero-order chi connectivity index (χ0) is 13.8. The minimum absolute atomic E-state index is 0.171. The van der Waals surface area contributed by atoms with Crippen molar-refractivity contribution in [3.05, 3.63) is 34.9 Å². The normalized spacial score (nSPS) is 8.41. The van der Waals surface area contributed by atoms with Crippen molar-refractivity contribution in [3.63, 3.8) is 0 Å². The van der Waals surface area contributed by atoms with Crippen LogP contribution in [0.25, 0.3) is 0 Å². The number of aryl methyl sites for hydroxylation is 2. The van der Waals surface area contributed by atoms with Crippen molar-refractivity contribution in [3.8, 4) is 0 Å². The maximum Gasteiger partial charge on any atom is 0.144 e. The molecule has 0 aromatic heterocycles. The summed E-state index contributed by atoms with van der Waals surface area (Å²) in [5.74, 6) is 0.171. The lowest BCUT2D eigenvalue weighted by molar-refractivity contribution is -0.115. The van der Waals surface area contributed by atoms with Gasteiger partial charge in [0, 0.05) is 22.9 Å². The van der Waals surface area contributed by atoms with Gasteiger partial charge in [-0.05, 0) is 44.4 Å². The van der Waals surface area contributed by atoms with E-state index in [1.54, 1.807) is 6.92 Å². The summed E-state index contributed by atoms with van der Waals surface area (Å²) in [7, 11) is 0. The molecule has 0 unspecified atom stereocenters. The van der Waals surface area contributed by atoms with Crippen LogP contribution in [0.1, 0.15) is 37.5 Å². The van der Waals surface area contributed by atoms with Crippen molar-refractivity contribution in [2.45, 2.75) is 41.5 Å². The van der Waals surface area contributed by atoms with E-state index in [9.17, 15) is 4.79 Å². The van der Waals surface area contributed by atoms with Crippen molar-refractivity contribution in [2.75, 3.05) is 6.54 Å². The summed E-state index contributed by atoms with van der Waals surface area (Å²) in [6.07, 6.45) is 0. The molecular weight excluding hydrogens is 325 g/mol. The minimum Gasteiger partial charge on any atom is -0.299 e. The van der Waals surface area contributed by atoms with Gasteiger partial charge < -0.3 is 0 Å². The Kier molecular flexibility index (Phi) is 13.4. The molecule has 2 nitrogen and oxygen atoms in total. The van der Waals surface area contributed by atoms with Gasteiger partial charge in [-0.3, -0.25) is 8.32 Å². The molecule has 0 radical (unpaired) electrons. The van der Waals surface area contributed by atoms with Crippen molar-refractivity contribution in [2.24, 2.45) is 0 Å². The molecule has 0 saturated carbocycles. The number of halogens is 1. The molecule has 0 aliphatic carbocycles. The third-order valence-corrected chi connectivity index (χ3v) is 2.57. The van der Waals surface area contributed by atoms with Crippen molar-refractivity contribution >= 4 is 28.6 Å². The molecule has 1 rings (SSSR count). The van der Waals surface area contributed by atoms with Crippen LogP contribution in [0.2, 0.25) is 0 Å². The van der Waals surface area contributed by atoms with Crippen LogP contribution in [0.3, 0.4) is 0 Å². The second-order valence-electron chi connectivity index (χ2n) is 3.53. The number of nitrogens with one attached hydrogen (secondary N) is 1. The number of rotatable bonds is 2. The summed E-state index contributed by atoms with van der Waals surface area (Å²) in [5.41, 5.74) is 4.18. The molecule has 0 spiro atoms. The summed E-state index contributed by atoms with van der Waals surface area (Å²) in [6, 6.07) is 6.38. The highest BCUT2D eigenvalue weighted by atomic mass is 127. The van der Waals surface area contributed by atoms with Gasteiger partial charge in [0.2, 0.25) is 0 Å². The van der Waals surface area contributed by atoms with E-state index in [0.717, 1.165) is 0 Å². The fourth-order valence-corrected chi connectivity index (χ4v) is 1.53. The van der Waals surface area contributed by atoms with Crippen LogP contribution in [0, 0.1) is 20.8 Å². The van der Waals surface area contributed by atoms with Gasteiger partial charge in [-0.15, -0.1) is 0 Å². The number of Topliss-reactive ketones (excluding diaryl/α,β-unsaturated/α-hetero) is 1. The zero-order valence-corrected chi connectivity index (χ0v) is 13.9. The van der Waals surface area contributed by atoms with Crippen molar-refractivity contribution in [1.82, 2.24) is 3.53 Å². The molecule has 0 aliphatic rings. The third kappa shape index (κ3) is 10.5. The number of carbonyl (C=O) groups excluding carboxylic acids is 1. The second kappa shape index (κ2) is 12.0. The summed E-state index contributed by atoms with van der Waals surface area (Å²) >= 11 is 1.93. The smallest absolute Gasteiger partial charge is 0.144 e. The van der Waals surface area contributed by atoms with Crippen LogP contribution in [0.15, 0.2) is 18.2 Å². The predicted octanol–water partition coefficient (Wildman–Crippen LogP) is 4.15. The fourth-order valence-electron chi connectivity index (χ4n) is 0.992. The lowest BCUT2D eigenvalue weighted by Gasteiger charge is -2.00. The first-order valence-electron chi connectivity index (χ1n) is 5.84. The van der Waals surface area contributed by atoms with Gasteiger partial charge in [-0.1, -0.05) is 32.0 Å². The van der Waals surface area contributed by atoms with Crippen LogP contribution in [-0.2, 0) is 4.79 Å². The van der Waals surface area contributed by atoms with Crippen LogP contribution >= 0.6 is 22.9 Å². The molecule has 0 heterocycles. The van der Waals surface area contributed by atoms with Gasteiger partial charge in [0.05, 0.1) is 6.54 Å². The molecule has 98 valence electrons. The molecule has 3 heteroatoms. The largest absolute Gasteiger partial charge is 0.299 e. The standard InChI is InChI=1S/C9H12.C3H6INO.C2H6/c1-7-5-4-6-8(2)9(7)3;1-3(6)2-5-4;1-2/h4-6H,1-3H3;5H,2H2,1H3;1-2H3. The molecule has 0 aliphatic heterocycles. The molecule has 1 aromatic rings. The van der Waals surface area contributed by atoms with Crippen LogP contribution in [0.5, 0.6) is 0 Å². The highest BCUT2D eigenvalue weighted by molar-refractivity contribution is 14.1. The fraction of sp³-hybridized carbons (Fsp3) is 0.500. The number of hydrogen-bond acceptors (Lipinski definition) is 2. The van der Waals surface area contributed by atoms with Crippen LogP contribution in [0.4, 0.5) is 0 Å². The summed E-state index contributed by atoms with van der Waals surface area (Å²) in [6.45, 7) is 12.5. The molecule has 0 saturated heterocycles. The van der Waals surface area contributed by atoms with Crippen molar-refractivity contribution < 1.29 is 4.79 Å². The number of carbonyl (C=O) groups is 1. The van der Waals surface area contributed by atoms with E-state index in [1.165, 1.54) is 16.7 Å². The topological polar surface area (TPSA) is 29.1 Å². The molecule has 0 atom stereocenters. The van der Waals surface area contributed by atoms with E-state index >= 15 is 0 Å². The Morgan fingerprint density at radius 3 is 1.76 bits per heavy atom. The number of hydrogen-bond donors (Lipinski definition) is 1. The summed E-state index contributed by atoms with van der Waals surface area (Å²) < 4.78 is 2.69. The maximum atomic E-state index is 9.98. The quantitative estimate of drug-likeness (QED) is 0.642. The maximum absolute atomic E-state index is 9.98. The van der Waals surface area contributed by atoms with E-state index in [4.69, 9.17) is 0 Å². The molecule has 0 bridgehead atoms. The molecular formula is C14H24INO. The first-order valence-corrected chi connectivity index (χ1v) is 6.92. The van der Waals surface area contributed by atoms with Gasteiger partial charge in [0.25, 0.3) is 0 Å². The molecule has 1 aromatic carbocycles. The molecule has 0 fully saturated rings. The van der Waals surface area contributed by atoms with Crippen LogP contribution in [-0.4, -0.2) is 12.3 Å². The van der Waals surface area contributed by atoms with E-state index in [2.05, 4.69) is 42.5 Å². The summed E-state index contributed by atoms with van der Waals surface area (Å²) in [5, 5.41) is 0. The van der Waals surface area contributed by atoms with Gasteiger partial charge in [0.1, 0.15) is 5.78 Å². The first-order chi connectivity index (χ1) is 7.99. The summed E-state index contributed by atoms with van der Waals surface area (Å²) in [4.78, 5) is 9.98. The van der Waals surface area contributed by atoms with Gasteiger partial charge in [-0.25, -0.2) is 0 Å². The average molecular weight is 349 g/mol. The Morgan fingerprint density at radius 2 is 1.59 bits per heavy atom. The highest BCUT2D eigenvalue weighted by Gasteiger charge is 1.91. The molecule has 1 N–H and O–H groups in total. The lowest BCUT2D eigenvalue weighted by atomic mass is 10.1. The Balaban J connectivity index is 0. The van der Waals surface area contributed by atoms with Crippen molar-refractivity contribution in [1.29, 1.82) is 0 Å². The average Bonchev–Trinajstić information content (AvgIpc) is 2.29. The highest BCUT2D eigenvalue weighted by Crippen LogP contribution is 2.09. The van der Waals surface area contributed by atoms with Crippen LogP contribution < -0.4 is 3.53 Å². The molecule has 17 heavy (non-hydrogen) atoms. The lowest BCUT2D eigenvalue weighted by Crippen LogP contribution is -2.08. The van der Waals surface area contributed by atoms with E-state index in [0.29, 0.717) is 6.54 Å². The Bertz CT molecular complexity index is 304. The monoisotopic (exact) mass is 349 g/mol. The Morgan fingerprint density at radius 1 is 1.18 bits per heavy atom. The van der Waals surface area contributed by atoms with E-state index < -0.39 is 0 Å². The van der Waals surface area contributed by atoms with Gasteiger partial charge in [-0.2, -0.15) is 0 Å². The first kappa shape index (κ1) is 18.9. The SMILES string of the molecule is CC.CC(=O)CNI.Cc1cccc(C)c1C. The zero-order valence-electron chi connectivity index (χ0n) is 11.7. The van der Waals surface area contributed by atoms with Gasteiger partial charge in [0.15, 0.2) is 0 Å². The molecule has 0 amide bonds. The Labute approximate surface area is 120 Å². The minimum atomic E-state index is 0.171. The van der Waals surface area contributed by atoms with Gasteiger partial charge >= 0.3 is 0 Å². The number of ketones is 1. The number of benzene rings is 1. The second-order valence-corrected chi connectivity index (χ2v) is 4.29. The van der Waals surface area contributed by atoms with E-state index in [-0.39, 0.29) is 5.78 Å². The Hall–Kier alpha value is -0.420.